The van der Waals surface area contributed by atoms with Gasteiger partial charge in [-0.2, -0.15) is 5.10 Å². The first-order valence-corrected chi connectivity index (χ1v) is 8.13. The number of likely N-dealkylation sites (tertiary alicyclic amines) is 1. The molecule has 0 N–H and O–H groups in total. The van der Waals surface area contributed by atoms with Crippen LogP contribution in [0.15, 0.2) is 55.1 Å². The Morgan fingerprint density at radius 1 is 1.13 bits per heavy atom. The zero-order chi connectivity index (χ0) is 15.6. The fourth-order valence-electron chi connectivity index (χ4n) is 3.41. The first-order valence-electron chi connectivity index (χ1n) is 8.13. The van der Waals surface area contributed by atoms with Crippen molar-refractivity contribution in [3.05, 3.63) is 55.1 Å². The lowest BCUT2D eigenvalue weighted by molar-refractivity contribution is 0.213. The third-order valence-electron chi connectivity index (χ3n) is 4.53. The Balaban J connectivity index is 1.69. The maximum absolute atomic E-state index is 4.62. The molecule has 1 saturated heterocycles. The van der Waals surface area contributed by atoms with E-state index in [0.717, 1.165) is 23.6 Å². The lowest BCUT2D eigenvalue weighted by Crippen LogP contribution is -2.33. The van der Waals surface area contributed by atoms with E-state index in [1.54, 1.807) is 6.20 Å². The van der Waals surface area contributed by atoms with Gasteiger partial charge in [-0.1, -0.05) is 12.1 Å². The number of benzene rings is 1. The van der Waals surface area contributed by atoms with Gasteiger partial charge >= 0.3 is 0 Å². The van der Waals surface area contributed by atoms with Gasteiger partial charge in [-0.25, -0.2) is 9.67 Å². The van der Waals surface area contributed by atoms with E-state index >= 15 is 0 Å². The zero-order valence-corrected chi connectivity index (χ0v) is 13.3. The Morgan fingerprint density at radius 2 is 2.09 bits per heavy atom. The zero-order valence-electron chi connectivity index (χ0n) is 13.3. The molecule has 0 amide bonds. The van der Waals surface area contributed by atoms with E-state index in [9.17, 15) is 0 Å². The van der Waals surface area contributed by atoms with Crippen molar-refractivity contribution < 1.29 is 0 Å². The highest BCUT2D eigenvalue weighted by molar-refractivity contribution is 5.59. The molecule has 1 unspecified atom stereocenters. The minimum Gasteiger partial charge on any atom is -0.327 e. The summed E-state index contributed by atoms with van der Waals surface area (Å²) in [4.78, 5) is 7.02. The summed E-state index contributed by atoms with van der Waals surface area (Å²) in [6.07, 6.45) is 10.2. The predicted octanol–water partition coefficient (Wildman–Crippen LogP) is 3.00. The van der Waals surface area contributed by atoms with Crippen molar-refractivity contribution in [3.8, 4) is 17.1 Å². The van der Waals surface area contributed by atoms with Crippen LogP contribution in [0.25, 0.3) is 17.1 Å². The summed E-state index contributed by atoms with van der Waals surface area (Å²) in [7, 11) is 2.20. The molecule has 4 rings (SSSR count). The molecule has 0 bridgehead atoms. The standard InChI is InChI=1S/C18H21N5/c1-21-10-3-7-17(14-21)22-12-9-19-18(22)15-5-2-6-16(13-15)23-11-4-8-20-23/h2,4-6,8-9,11-13,17H,3,7,10,14H2,1H3. The lowest BCUT2D eigenvalue weighted by Gasteiger charge is -2.31. The van der Waals surface area contributed by atoms with Crippen molar-refractivity contribution in [2.45, 2.75) is 18.9 Å². The molecule has 23 heavy (non-hydrogen) atoms. The van der Waals surface area contributed by atoms with Crippen LogP contribution >= 0.6 is 0 Å². The Bertz CT molecular complexity index is 774. The van der Waals surface area contributed by atoms with E-state index in [-0.39, 0.29) is 0 Å². The van der Waals surface area contributed by atoms with Gasteiger partial charge in [0.25, 0.3) is 0 Å². The van der Waals surface area contributed by atoms with Crippen molar-refractivity contribution in [2.75, 3.05) is 20.1 Å². The maximum Gasteiger partial charge on any atom is 0.140 e. The molecule has 1 fully saturated rings. The van der Waals surface area contributed by atoms with E-state index in [0.29, 0.717) is 6.04 Å². The molecule has 3 heterocycles. The second-order valence-electron chi connectivity index (χ2n) is 6.22. The molecule has 1 aliphatic heterocycles. The molecule has 0 saturated carbocycles. The Hall–Kier alpha value is -2.40. The van der Waals surface area contributed by atoms with Gasteiger partial charge in [-0.3, -0.25) is 0 Å². The predicted molar refractivity (Wildman–Crippen MR) is 90.6 cm³/mol. The number of hydrogen-bond acceptors (Lipinski definition) is 3. The molecule has 0 radical (unpaired) electrons. The summed E-state index contributed by atoms with van der Waals surface area (Å²) in [6.45, 7) is 2.28. The lowest BCUT2D eigenvalue weighted by atomic mass is 10.1. The van der Waals surface area contributed by atoms with Crippen molar-refractivity contribution in [3.63, 3.8) is 0 Å². The number of likely N-dealkylation sites (N-methyl/N-ethyl adjacent to an activating group) is 1. The van der Waals surface area contributed by atoms with Crippen LogP contribution in [0, 0.1) is 0 Å². The molecular weight excluding hydrogens is 286 g/mol. The SMILES string of the molecule is CN1CCCC(n2ccnc2-c2cccc(-n3cccn3)c2)C1. The Labute approximate surface area is 136 Å². The van der Waals surface area contributed by atoms with Crippen molar-refractivity contribution >= 4 is 0 Å². The van der Waals surface area contributed by atoms with Crippen LogP contribution in [0.1, 0.15) is 18.9 Å². The van der Waals surface area contributed by atoms with Gasteiger partial charge in [-0.15, -0.1) is 0 Å². The van der Waals surface area contributed by atoms with Crippen LogP contribution in [-0.2, 0) is 0 Å². The van der Waals surface area contributed by atoms with Crippen molar-refractivity contribution in [1.82, 2.24) is 24.2 Å². The van der Waals surface area contributed by atoms with E-state index in [1.165, 1.54) is 19.4 Å². The minimum absolute atomic E-state index is 0.500. The van der Waals surface area contributed by atoms with Gasteiger partial charge in [0.2, 0.25) is 0 Å². The molecule has 3 aromatic rings. The van der Waals surface area contributed by atoms with Crippen LogP contribution in [-0.4, -0.2) is 44.4 Å². The highest BCUT2D eigenvalue weighted by atomic mass is 15.3. The molecule has 2 aromatic heterocycles. The molecule has 0 aliphatic carbocycles. The van der Waals surface area contributed by atoms with E-state index in [4.69, 9.17) is 0 Å². The summed E-state index contributed by atoms with van der Waals surface area (Å²) in [5.74, 6) is 1.04. The Kier molecular flexibility index (Phi) is 3.71. The topological polar surface area (TPSA) is 38.9 Å². The fourth-order valence-corrected chi connectivity index (χ4v) is 3.41. The van der Waals surface area contributed by atoms with Gasteiger partial charge < -0.3 is 9.47 Å². The van der Waals surface area contributed by atoms with E-state index in [1.807, 2.05) is 23.1 Å². The first-order chi connectivity index (χ1) is 11.3. The molecule has 0 spiro atoms. The number of piperidine rings is 1. The van der Waals surface area contributed by atoms with Gasteiger partial charge in [0.05, 0.1) is 5.69 Å². The number of imidazole rings is 1. The average molecular weight is 307 g/mol. The summed E-state index contributed by atoms with van der Waals surface area (Å²) >= 11 is 0. The largest absolute Gasteiger partial charge is 0.327 e. The molecule has 1 aliphatic rings. The van der Waals surface area contributed by atoms with E-state index in [2.05, 4.69) is 57.1 Å². The van der Waals surface area contributed by atoms with Crippen LogP contribution in [0.4, 0.5) is 0 Å². The third kappa shape index (κ3) is 2.80. The van der Waals surface area contributed by atoms with Crippen LogP contribution in [0.5, 0.6) is 0 Å². The van der Waals surface area contributed by atoms with Gasteiger partial charge in [0.1, 0.15) is 5.82 Å². The molecule has 5 heteroatoms. The summed E-state index contributed by atoms with van der Waals surface area (Å²) in [5.41, 5.74) is 2.19. The molecular formula is C18H21N5. The minimum atomic E-state index is 0.500. The maximum atomic E-state index is 4.62. The van der Waals surface area contributed by atoms with Crippen LogP contribution < -0.4 is 0 Å². The quantitative estimate of drug-likeness (QED) is 0.746. The second kappa shape index (κ2) is 6.01. The molecule has 1 aromatic carbocycles. The fraction of sp³-hybridized carbons (Fsp3) is 0.333. The smallest absolute Gasteiger partial charge is 0.140 e. The highest BCUT2D eigenvalue weighted by Crippen LogP contribution is 2.27. The second-order valence-corrected chi connectivity index (χ2v) is 6.22. The number of hydrogen-bond donors (Lipinski definition) is 0. The van der Waals surface area contributed by atoms with Gasteiger partial charge in [0.15, 0.2) is 0 Å². The number of aromatic nitrogens is 4. The van der Waals surface area contributed by atoms with Crippen LogP contribution in [0.3, 0.4) is 0 Å². The van der Waals surface area contributed by atoms with Crippen LogP contribution in [0.2, 0.25) is 0 Å². The Morgan fingerprint density at radius 3 is 2.91 bits per heavy atom. The highest BCUT2D eigenvalue weighted by Gasteiger charge is 2.21. The summed E-state index contributed by atoms with van der Waals surface area (Å²) in [5, 5.41) is 4.31. The van der Waals surface area contributed by atoms with E-state index < -0.39 is 0 Å². The van der Waals surface area contributed by atoms with Crippen molar-refractivity contribution in [2.24, 2.45) is 0 Å². The number of rotatable bonds is 3. The van der Waals surface area contributed by atoms with Gasteiger partial charge in [0, 0.05) is 42.9 Å². The average Bonchev–Trinajstić information content (AvgIpc) is 3.27. The summed E-state index contributed by atoms with van der Waals surface area (Å²) in [6, 6.07) is 10.8. The number of nitrogens with zero attached hydrogens (tertiary/aromatic N) is 5. The van der Waals surface area contributed by atoms with Gasteiger partial charge in [-0.05, 0) is 44.6 Å². The normalized spacial score (nSPS) is 19.1. The third-order valence-corrected chi connectivity index (χ3v) is 4.53. The monoisotopic (exact) mass is 307 g/mol. The summed E-state index contributed by atoms with van der Waals surface area (Å²) < 4.78 is 4.21. The molecule has 5 nitrogen and oxygen atoms in total. The molecule has 118 valence electrons. The molecule has 1 atom stereocenters. The first kappa shape index (κ1) is 14.2. The van der Waals surface area contributed by atoms with Crippen molar-refractivity contribution in [1.29, 1.82) is 0 Å².